The summed E-state index contributed by atoms with van der Waals surface area (Å²) in [5.41, 5.74) is -1.97. The minimum absolute atomic E-state index is 0.169. The lowest BCUT2D eigenvalue weighted by molar-refractivity contribution is -0.282. The van der Waals surface area contributed by atoms with Gasteiger partial charge in [0.1, 0.15) is 24.4 Å². The van der Waals surface area contributed by atoms with Crippen molar-refractivity contribution in [3.8, 4) is 0 Å². The van der Waals surface area contributed by atoms with Gasteiger partial charge >= 0.3 is 11.9 Å². The summed E-state index contributed by atoms with van der Waals surface area (Å²) in [7, 11) is 0. The molecule has 0 unspecified atom stereocenters. The van der Waals surface area contributed by atoms with Gasteiger partial charge in [0.05, 0.1) is 18.4 Å². The number of rotatable bonds is 1. The number of carbonyl (C=O) groups is 2. The van der Waals surface area contributed by atoms with Crippen LogP contribution in [0, 0.1) is 22.7 Å². The molecule has 0 spiro atoms. The Bertz CT molecular complexity index is 849. The summed E-state index contributed by atoms with van der Waals surface area (Å²) in [6.45, 7) is 4.06. The highest BCUT2D eigenvalue weighted by Crippen LogP contribution is 2.72. The Morgan fingerprint density at radius 2 is 2.00 bits per heavy atom. The van der Waals surface area contributed by atoms with Crippen LogP contribution in [0.4, 0.5) is 0 Å². The van der Waals surface area contributed by atoms with E-state index in [1.165, 1.54) is 0 Å². The largest absolute Gasteiger partial charge is 0.472 e. The van der Waals surface area contributed by atoms with E-state index < -0.39 is 40.7 Å². The summed E-state index contributed by atoms with van der Waals surface area (Å²) in [5, 5.41) is 11.4. The Labute approximate surface area is 155 Å². The normalized spacial score (nSPS) is 55.1. The number of carbonyl (C=O) groups excluding carboxylic acids is 2. The molecule has 27 heavy (non-hydrogen) atoms. The minimum atomic E-state index is -1.64. The zero-order valence-corrected chi connectivity index (χ0v) is 15.2. The first-order valence-corrected chi connectivity index (χ1v) is 9.62. The van der Waals surface area contributed by atoms with Crippen LogP contribution < -0.4 is 0 Å². The smallest absolute Gasteiger partial charge is 0.341 e. The molecule has 2 bridgehead atoms. The third-order valence-electron chi connectivity index (χ3n) is 8.24. The van der Waals surface area contributed by atoms with Gasteiger partial charge in [0, 0.05) is 16.9 Å². The van der Waals surface area contributed by atoms with Gasteiger partial charge in [-0.1, -0.05) is 13.8 Å². The van der Waals surface area contributed by atoms with Crippen molar-refractivity contribution in [3.63, 3.8) is 0 Å². The number of furan rings is 1. The zero-order chi connectivity index (χ0) is 18.8. The molecule has 144 valence electrons. The molecule has 2 saturated carbocycles. The van der Waals surface area contributed by atoms with E-state index in [4.69, 9.17) is 18.6 Å². The van der Waals surface area contributed by atoms with Gasteiger partial charge < -0.3 is 23.7 Å². The van der Waals surface area contributed by atoms with Gasteiger partial charge in [-0.05, 0) is 30.7 Å². The molecule has 9 atom stereocenters. The summed E-state index contributed by atoms with van der Waals surface area (Å²) in [6, 6.07) is 1.81. The highest BCUT2D eigenvalue weighted by molar-refractivity contribution is 5.85. The van der Waals surface area contributed by atoms with Crippen molar-refractivity contribution in [2.24, 2.45) is 22.7 Å². The third-order valence-corrected chi connectivity index (χ3v) is 8.24. The number of aliphatic hydroxyl groups is 1. The third kappa shape index (κ3) is 1.63. The molecule has 2 aliphatic carbocycles. The number of hydrogen-bond donors (Lipinski definition) is 1. The fourth-order valence-corrected chi connectivity index (χ4v) is 6.93. The topological polar surface area (TPSA) is 98.5 Å². The van der Waals surface area contributed by atoms with Crippen molar-refractivity contribution >= 4 is 11.9 Å². The van der Waals surface area contributed by atoms with Crippen molar-refractivity contribution < 1.29 is 33.3 Å². The van der Waals surface area contributed by atoms with Crippen molar-refractivity contribution in [2.45, 2.75) is 63.1 Å². The van der Waals surface area contributed by atoms with E-state index in [0.29, 0.717) is 19.3 Å². The maximum Gasteiger partial charge on any atom is 0.341 e. The minimum Gasteiger partial charge on any atom is -0.472 e. The first-order valence-electron chi connectivity index (χ1n) is 9.62. The molecule has 7 rings (SSSR count). The van der Waals surface area contributed by atoms with E-state index in [-0.39, 0.29) is 23.9 Å². The van der Waals surface area contributed by atoms with Gasteiger partial charge in [-0.3, -0.25) is 4.79 Å². The van der Waals surface area contributed by atoms with Gasteiger partial charge in [-0.2, -0.15) is 0 Å². The highest BCUT2D eigenvalue weighted by Gasteiger charge is 2.84. The van der Waals surface area contributed by atoms with E-state index in [1.54, 1.807) is 12.5 Å². The molecule has 4 saturated heterocycles. The van der Waals surface area contributed by atoms with Crippen molar-refractivity contribution in [1.29, 1.82) is 0 Å². The Morgan fingerprint density at radius 1 is 1.19 bits per heavy atom. The predicted octanol–water partition coefficient (Wildman–Crippen LogP) is 1.74. The summed E-state index contributed by atoms with van der Waals surface area (Å²) >= 11 is 0. The Morgan fingerprint density at radius 3 is 2.74 bits per heavy atom. The van der Waals surface area contributed by atoms with E-state index in [9.17, 15) is 14.7 Å². The number of epoxide rings is 1. The predicted molar refractivity (Wildman–Crippen MR) is 88.1 cm³/mol. The molecule has 1 aromatic heterocycles. The lowest BCUT2D eigenvalue weighted by Gasteiger charge is -2.66. The number of ether oxygens (including phenoxy) is 3. The van der Waals surface area contributed by atoms with Crippen LogP contribution in [0.25, 0.3) is 0 Å². The fraction of sp³-hybridized carbons (Fsp3) is 0.700. The van der Waals surface area contributed by atoms with Crippen molar-refractivity contribution in [1.82, 2.24) is 0 Å². The van der Waals surface area contributed by atoms with Crippen molar-refractivity contribution in [2.75, 3.05) is 0 Å². The summed E-state index contributed by atoms with van der Waals surface area (Å²) in [6.07, 6.45) is 3.34. The monoisotopic (exact) mass is 374 g/mol. The van der Waals surface area contributed by atoms with E-state index in [2.05, 4.69) is 6.92 Å². The van der Waals surface area contributed by atoms with Crippen LogP contribution in [-0.4, -0.2) is 41.0 Å². The standard InChI is InChI=1S/C20H22O7/c1-18-7-11(9-4-6-24-8-9)25-16(21)10(18)3-5-19(2)14(18)12-13-15(26-13)20(19,23)17(22)27-12/h4,6,8,10-15,23H,3,5,7H2,1-2H3/t10-,11-,12-,13+,14+,15+,18-,19-,20+/m1/s1. The molecular weight excluding hydrogens is 352 g/mol. The fourth-order valence-electron chi connectivity index (χ4n) is 6.93. The average Bonchev–Trinajstić information content (AvgIpc) is 3.24. The average molecular weight is 374 g/mol. The van der Waals surface area contributed by atoms with Gasteiger partial charge in [0.15, 0.2) is 5.60 Å². The van der Waals surface area contributed by atoms with Crippen LogP contribution in [0.3, 0.4) is 0 Å². The molecule has 0 radical (unpaired) electrons. The summed E-state index contributed by atoms with van der Waals surface area (Å²) < 4.78 is 22.3. The van der Waals surface area contributed by atoms with Crippen LogP contribution in [0.15, 0.2) is 23.0 Å². The molecule has 1 N–H and O–H groups in total. The van der Waals surface area contributed by atoms with E-state index >= 15 is 0 Å². The Hall–Kier alpha value is -1.86. The lowest BCUT2D eigenvalue weighted by atomic mass is 9.41. The lowest BCUT2D eigenvalue weighted by Crippen LogP contribution is -2.77. The van der Waals surface area contributed by atoms with Crippen LogP contribution >= 0.6 is 0 Å². The summed E-state index contributed by atoms with van der Waals surface area (Å²) in [5.74, 6) is -1.24. The number of hydrogen-bond acceptors (Lipinski definition) is 7. The van der Waals surface area contributed by atoms with Gasteiger partial charge in [-0.25, -0.2) is 4.79 Å². The molecular formula is C20H22O7. The quantitative estimate of drug-likeness (QED) is 0.590. The molecule has 0 aromatic carbocycles. The first-order chi connectivity index (χ1) is 12.8. The SMILES string of the molecule is C[C@@]12C[C@H](c3ccoc3)OC(=O)[C@H]1CC[C@]1(C)[C@H]2[C@@H]2OC(=O)[C@@]1(O)[C@H]1O[C@@H]21. The highest BCUT2D eigenvalue weighted by atomic mass is 16.7. The van der Waals surface area contributed by atoms with Gasteiger partial charge in [0.2, 0.25) is 0 Å². The summed E-state index contributed by atoms with van der Waals surface area (Å²) in [4.78, 5) is 25.5. The van der Waals surface area contributed by atoms with Crippen molar-refractivity contribution in [3.05, 3.63) is 24.2 Å². The van der Waals surface area contributed by atoms with Crippen LogP contribution in [0.2, 0.25) is 0 Å². The van der Waals surface area contributed by atoms with Gasteiger partial charge in [0.25, 0.3) is 0 Å². The molecule has 4 aliphatic heterocycles. The molecule has 6 fully saturated rings. The second-order valence-corrected chi connectivity index (χ2v) is 9.34. The Balaban J connectivity index is 1.48. The van der Waals surface area contributed by atoms with Crippen LogP contribution in [0.5, 0.6) is 0 Å². The number of esters is 2. The van der Waals surface area contributed by atoms with Gasteiger partial charge in [-0.15, -0.1) is 0 Å². The Kier molecular flexibility index (Phi) is 2.73. The molecule has 7 nitrogen and oxygen atoms in total. The van der Waals surface area contributed by atoms with E-state index in [1.807, 2.05) is 13.0 Å². The number of fused-ring (bicyclic) bond motifs is 2. The second-order valence-electron chi connectivity index (χ2n) is 9.34. The van der Waals surface area contributed by atoms with Crippen LogP contribution in [-0.2, 0) is 23.8 Å². The molecule has 7 heteroatoms. The molecule has 5 heterocycles. The zero-order valence-electron chi connectivity index (χ0n) is 15.2. The molecule has 0 amide bonds. The molecule has 1 aromatic rings. The first kappa shape index (κ1) is 16.1. The second kappa shape index (κ2) is 4.58. The maximum atomic E-state index is 12.9. The number of cyclic esters (lactones) is 1. The van der Waals surface area contributed by atoms with Crippen LogP contribution in [0.1, 0.15) is 44.8 Å². The van der Waals surface area contributed by atoms with E-state index in [0.717, 1.165) is 5.56 Å². The maximum absolute atomic E-state index is 12.9. The molecule has 6 aliphatic rings.